The van der Waals surface area contributed by atoms with Gasteiger partial charge in [0.05, 0.1) is 0 Å². The molecule has 8 nitrogen and oxygen atoms in total. The Morgan fingerprint density at radius 2 is 1.56 bits per heavy atom. The molecule has 2 rings (SSSR count). The van der Waals surface area contributed by atoms with Crippen LogP contribution < -0.4 is 4.84 Å². The fourth-order valence-electron chi connectivity index (χ4n) is 2.11. The van der Waals surface area contributed by atoms with E-state index in [-0.39, 0.29) is 0 Å². The minimum atomic E-state index is -10.7. The van der Waals surface area contributed by atoms with E-state index in [1.807, 2.05) is 19.2 Å². The summed E-state index contributed by atoms with van der Waals surface area (Å²) < 4.78 is 65.7. The van der Waals surface area contributed by atoms with Crippen molar-refractivity contribution in [3.05, 3.63) is 18.3 Å². The monoisotopic (exact) mass is 443 g/mol. The first kappa shape index (κ1) is 23.7. The van der Waals surface area contributed by atoms with Gasteiger partial charge in [-0.15, -0.1) is 9.77 Å². The molecule has 0 spiro atoms. The molecule has 0 aromatic carbocycles. The maximum absolute atomic E-state index is 10.7. The van der Waals surface area contributed by atoms with Crippen molar-refractivity contribution in [2.75, 3.05) is 42.0 Å². The average molecular weight is 443 g/mol. The van der Waals surface area contributed by atoms with Crippen molar-refractivity contribution in [2.45, 2.75) is 0 Å². The van der Waals surface area contributed by atoms with Crippen molar-refractivity contribution < 1.29 is 30.0 Å². The molecule has 0 atom stereocenters. The number of halogens is 6. The zero-order valence-electron chi connectivity index (χ0n) is 15.2. The molecule has 27 heavy (non-hydrogen) atoms. The molecule has 0 bridgehead atoms. The summed E-state index contributed by atoms with van der Waals surface area (Å²) in [6.07, 6.45) is 1.70. The molecule has 158 valence electrons. The van der Waals surface area contributed by atoms with Crippen LogP contribution in [0.5, 0.6) is 0 Å². The number of nitrogens with zero attached hydrogens (tertiary/aromatic N) is 7. The van der Waals surface area contributed by atoms with E-state index < -0.39 is 16.2 Å². The van der Waals surface area contributed by atoms with Crippen LogP contribution in [0.4, 0.5) is 25.2 Å². The van der Waals surface area contributed by atoms with Gasteiger partial charge in [0.15, 0.2) is 0 Å². The molecular formula is C11H21F6N7OP2. The fourth-order valence-corrected chi connectivity index (χ4v) is 4.45. The topological polar surface area (TPSA) is 62.6 Å². The number of fused-ring (bicyclic) bond motifs is 1. The van der Waals surface area contributed by atoms with Gasteiger partial charge in [0.2, 0.25) is 20.8 Å². The number of hydrogen-bond donors (Lipinski definition) is 0. The first-order chi connectivity index (χ1) is 12.0. The number of pyridine rings is 1. The Balaban J connectivity index is 0.000000445. The van der Waals surface area contributed by atoms with E-state index in [2.05, 4.69) is 57.5 Å². The summed E-state index contributed by atoms with van der Waals surface area (Å²) in [6, 6.07) is 3.68. The van der Waals surface area contributed by atoms with E-state index in [1.54, 1.807) is 6.20 Å². The van der Waals surface area contributed by atoms with Crippen molar-refractivity contribution in [1.29, 1.82) is 0 Å². The molecule has 2 aromatic rings. The van der Waals surface area contributed by atoms with Gasteiger partial charge in [-0.05, 0) is 17.3 Å². The minimum absolute atomic E-state index is 0.416. The first-order valence-electron chi connectivity index (χ1n) is 7.24. The Labute approximate surface area is 152 Å². The SMILES string of the molecule is CN(C)[PH+](N(C)C)N(C)COn1nnc2cccnc21.F[P-](F)(F)(F)(F)F. The Bertz CT molecular complexity index is 735. The van der Waals surface area contributed by atoms with Gasteiger partial charge in [0.1, 0.15) is 5.52 Å². The van der Waals surface area contributed by atoms with Crippen LogP contribution >= 0.6 is 16.2 Å². The summed E-state index contributed by atoms with van der Waals surface area (Å²) in [5.74, 6) is 0. The van der Waals surface area contributed by atoms with Gasteiger partial charge >= 0.3 is 33.0 Å². The molecule has 0 unspecified atom stereocenters. The molecular weight excluding hydrogens is 422 g/mol. The van der Waals surface area contributed by atoms with Crippen LogP contribution in [-0.4, -0.2) is 76.1 Å². The fraction of sp³-hybridized carbons (Fsp3) is 0.545. The number of rotatable bonds is 6. The molecule has 0 aliphatic heterocycles. The molecule has 0 saturated carbocycles. The molecule has 16 heteroatoms. The van der Waals surface area contributed by atoms with Crippen LogP contribution in [0.2, 0.25) is 0 Å². The standard InChI is InChI=1S/C11H20N7OP.F6P/c1-15(2)20(16(3)4)17(5)9-19-18-11-10(13-14-18)7-6-8-12-11;1-7(2,3,4,5)6/h6-8H,9H2,1-5H3;/q;-1/p+1. The Hall–Kier alpha value is -1.33. The van der Waals surface area contributed by atoms with Crippen molar-refractivity contribution in [3.8, 4) is 0 Å². The normalized spacial score (nSPS) is 15.1. The quantitative estimate of drug-likeness (QED) is 0.384. The van der Waals surface area contributed by atoms with Gasteiger partial charge in [-0.25, -0.2) is 4.98 Å². The molecule has 0 aliphatic rings. The molecule has 2 aromatic heterocycles. The van der Waals surface area contributed by atoms with Gasteiger partial charge in [-0.1, -0.05) is 4.85 Å². The van der Waals surface area contributed by atoms with Gasteiger partial charge in [0.25, 0.3) is 0 Å². The Kier molecular flexibility index (Phi) is 6.67. The zero-order valence-corrected chi connectivity index (χ0v) is 17.1. The molecule has 0 saturated heterocycles. The molecule has 0 amide bonds. The van der Waals surface area contributed by atoms with Crippen LogP contribution in [0.3, 0.4) is 0 Å². The van der Waals surface area contributed by atoms with Gasteiger partial charge in [-0.2, -0.15) is 9.34 Å². The van der Waals surface area contributed by atoms with E-state index in [4.69, 9.17) is 4.84 Å². The van der Waals surface area contributed by atoms with Crippen molar-refractivity contribution in [1.82, 2.24) is 34.2 Å². The predicted octanol–water partition coefficient (Wildman–Crippen LogP) is 3.61. The maximum atomic E-state index is 9.87. The third-order valence-corrected chi connectivity index (χ3v) is 5.11. The summed E-state index contributed by atoms with van der Waals surface area (Å²) in [4.78, 5) is 11.3. The van der Waals surface area contributed by atoms with E-state index in [1.165, 1.54) is 4.85 Å². The summed E-state index contributed by atoms with van der Waals surface area (Å²) >= 11 is 0. The molecule has 0 radical (unpaired) electrons. The predicted molar refractivity (Wildman–Crippen MR) is 93.8 cm³/mol. The second-order valence-corrected chi connectivity index (χ2v) is 10.9. The Morgan fingerprint density at radius 3 is 2.04 bits per heavy atom. The van der Waals surface area contributed by atoms with E-state index in [0.717, 1.165) is 5.52 Å². The first-order valence-corrected chi connectivity index (χ1v) is 10.6. The van der Waals surface area contributed by atoms with E-state index in [9.17, 15) is 25.2 Å². The van der Waals surface area contributed by atoms with Crippen LogP contribution in [0.15, 0.2) is 18.3 Å². The van der Waals surface area contributed by atoms with Crippen LogP contribution in [0.25, 0.3) is 11.2 Å². The third kappa shape index (κ3) is 9.96. The van der Waals surface area contributed by atoms with Gasteiger partial charge < -0.3 is 4.84 Å². The van der Waals surface area contributed by atoms with Gasteiger partial charge in [0, 0.05) is 41.4 Å². The van der Waals surface area contributed by atoms with Crippen molar-refractivity contribution in [2.24, 2.45) is 0 Å². The van der Waals surface area contributed by atoms with Gasteiger partial charge in [-0.3, -0.25) is 0 Å². The summed E-state index contributed by atoms with van der Waals surface area (Å²) in [5, 5.41) is 7.96. The average Bonchev–Trinajstić information content (AvgIpc) is 2.84. The second-order valence-electron chi connectivity index (χ2n) is 5.81. The van der Waals surface area contributed by atoms with Crippen LogP contribution in [0, 0.1) is 0 Å². The summed E-state index contributed by atoms with van der Waals surface area (Å²) in [6.45, 7) is 0.416. The van der Waals surface area contributed by atoms with Crippen molar-refractivity contribution >= 4 is 27.3 Å². The molecule has 2 heterocycles. The summed E-state index contributed by atoms with van der Waals surface area (Å²) in [5.41, 5.74) is 1.35. The molecule has 0 N–H and O–H groups in total. The number of aromatic nitrogens is 4. The molecule has 0 aliphatic carbocycles. The van der Waals surface area contributed by atoms with E-state index in [0.29, 0.717) is 12.4 Å². The third-order valence-electron chi connectivity index (χ3n) is 2.70. The Morgan fingerprint density at radius 1 is 1.04 bits per heavy atom. The van der Waals surface area contributed by atoms with E-state index >= 15 is 0 Å². The molecule has 0 fully saturated rings. The summed E-state index contributed by atoms with van der Waals surface area (Å²) in [7, 11) is -1.33. The number of hydrogen-bond acceptors (Lipinski definition) is 7. The van der Waals surface area contributed by atoms with Crippen LogP contribution in [0.1, 0.15) is 0 Å². The van der Waals surface area contributed by atoms with Crippen molar-refractivity contribution in [3.63, 3.8) is 0 Å². The second kappa shape index (κ2) is 7.59. The zero-order chi connectivity index (χ0) is 21.1. The van der Waals surface area contributed by atoms with Crippen LogP contribution in [-0.2, 0) is 0 Å².